The Morgan fingerprint density at radius 2 is 2.22 bits per heavy atom. The Labute approximate surface area is 114 Å². The number of carbonyl (C=O) groups is 1. The van der Waals surface area contributed by atoms with Crippen molar-refractivity contribution in [2.45, 2.75) is 25.9 Å². The van der Waals surface area contributed by atoms with Crippen molar-refractivity contribution in [3.63, 3.8) is 0 Å². The Bertz CT molecular complexity index is 466. The van der Waals surface area contributed by atoms with Crippen molar-refractivity contribution >= 4 is 21.8 Å². The zero-order valence-electron chi connectivity index (χ0n) is 10.4. The Hall–Kier alpha value is -0.940. The van der Waals surface area contributed by atoms with E-state index in [1.807, 2.05) is 13.8 Å². The first kappa shape index (κ1) is 13.5. The molecule has 2 atom stereocenters. The molecule has 18 heavy (non-hydrogen) atoms. The molecular formula is C13H16BrFN2O. The maximum absolute atomic E-state index is 13.5. The number of rotatable bonds is 1. The van der Waals surface area contributed by atoms with Crippen molar-refractivity contribution in [3.05, 3.63) is 34.1 Å². The summed E-state index contributed by atoms with van der Waals surface area (Å²) in [7, 11) is 0. The summed E-state index contributed by atoms with van der Waals surface area (Å²) in [4.78, 5) is 14.1. The molecule has 1 aliphatic heterocycles. The van der Waals surface area contributed by atoms with Gasteiger partial charge in [-0.3, -0.25) is 4.79 Å². The van der Waals surface area contributed by atoms with Crippen LogP contribution in [0.1, 0.15) is 24.2 Å². The van der Waals surface area contributed by atoms with Crippen LogP contribution in [0.3, 0.4) is 0 Å². The molecule has 0 saturated carbocycles. The van der Waals surface area contributed by atoms with Crippen molar-refractivity contribution in [2.75, 3.05) is 13.1 Å². The van der Waals surface area contributed by atoms with Gasteiger partial charge in [0.05, 0.1) is 4.47 Å². The van der Waals surface area contributed by atoms with Gasteiger partial charge in [0.25, 0.3) is 5.91 Å². The molecule has 2 rings (SSSR count). The van der Waals surface area contributed by atoms with Crippen molar-refractivity contribution in [1.82, 2.24) is 10.2 Å². The van der Waals surface area contributed by atoms with E-state index >= 15 is 0 Å². The molecule has 3 nitrogen and oxygen atoms in total. The number of nitrogens with zero attached hydrogens (tertiary/aromatic N) is 1. The molecule has 0 radical (unpaired) electrons. The lowest BCUT2D eigenvalue weighted by molar-refractivity contribution is 0.0602. The standard InChI is InChI=1S/C13H16BrFN2O/c1-8-9(2)17(6-5-16-8)13(18)10-3-4-11(14)12(15)7-10/h3-4,7-9,16H,5-6H2,1-2H3. The van der Waals surface area contributed by atoms with Crippen LogP contribution in [-0.4, -0.2) is 36.0 Å². The molecule has 1 amide bonds. The zero-order valence-corrected chi connectivity index (χ0v) is 12.0. The first-order valence-electron chi connectivity index (χ1n) is 6.00. The van der Waals surface area contributed by atoms with E-state index in [-0.39, 0.29) is 18.0 Å². The van der Waals surface area contributed by atoms with Crippen molar-refractivity contribution in [1.29, 1.82) is 0 Å². The molecule has 1 aliphatic rings. The van der Waals surface area contributed by atoms with Crippen LogP contribution in [0.2, 0.25) is 0 Å². The topological polar surface area (TPSA) is 32.3 Å². The van der Waals surface area contributed by atoms with Crippen LogP contribution in [0.15, 0.2) is 22.7 Å². The maximum atomic E-state index is 13.5. The van der Waals surface area contributed by atoms with Gasteiger partial charge in [0, 0.05) is 30.7 Å². The van der Waals surface area contributed by atoms with Crippen molar-refractivity contribution < 1.29 is 9.18 Å². The Balaban J connectivity index is 2.22. The predicted molar refractivity (Wildman–Crippen MR) is 72.1 cm³/mol. The molecule has 1 N–H and O–H groups in total. The summed E-state index contributed by atoms with van der Waals surface area (Å²) in [5.74, 6) is -0.515. The van der Waals surface area contributed by atoms with E-state index in [1.165, 1.54) is 6.07 Å². The number of halogens is 2. The maximum Gasteiger partial charge on any atom is 0.254 e. The lowest BCUT2D eigenvalue weighted by Gasteiger charge is -2.38. The molecule has 0 aliphatic carbocycles. The number of piperazine rings is 1. The Kier molecular flexibility index (Phi) is 4.02. The normalized spacial score (nSPS) is 24.1. The van der Waals surface area contributed by atoms with Gasteiger partial charge < -0.3 is 10.2 Å². The van der Waals surface area contributed by atoms with Gasteiger partial charge in [0.2, 0.25) is 0 Å². The van der Waals surface area contributed by atoms with Gasteiger partial charge in [0.1, 0.15) is 5.82 Å². The molecular weight excluding hydrogens is 299 g/mol. The summed E-state index contributed by atoms with van der Waals surface area (Å²) < 4.78 is 13.8. The lowest BCUT2D eigenvalue weighted by Crippen LogP contribution is -2.57. The van der Waals surface area contributed by atoms with Crippen molar-refractivity contribution in [3.8, 4) is 0 Å². The predicted octanol–water partition coefficient (Wildman–Crippen LogP) is 2.41. The Morgan fingerprint density at radius 3 is 2.89 bits per heavy atom. The molecule has 2 unspecified atom stereocenters. The molecule has 0 bridgehead atoms. The molecule has 1 saturated heterocycles. The molecule has 1 heterocycles. The van der Waals surface area contributed by atoms with Crippen LogP contribution in [0.25, 0.3) is 0 Å². The third-order valence-electron chi connectivity index (χ3n) is 3.46. The SMILES string of the molecule is CC1NCCN(C(=O)c2ccc(Br)c(F)c2)C1C. The highest BCUT2D eigenvalue weighted by Crippen LogP contribution is 2.19. The van der Waals surface area contributed by atoms with Gasteiger partial charge >= 0.3 is 0 Å². The second-order valence-electron chi connectivity index (χ2n) is 4.61. The van der Waals surface area contributed by atoms with Crippen LogP contribution < -0.4 is 5.32 Å². The fourth-order valence-electron chi connectivity index (χ4n) is 2.14. The van der Waals surface area contributed by atoms with Crippen LogP contribution in [0.5, 0.6) is 0 Å². The molecule has 5 heteroatoms. The van der Waals surface area contributed by atoms with Crippen LogP contribution in [-0.2, 0) is 0 Å². The van der Waals surface area contributed by atoms with Gasteiger partial charge in [-0.25, -0.2) is 4.39 Å². The lowest BCUT2D eigenvalue weighted by atomic mass is 10.1. The van der Waals surface area contributed by atoms with Gasteiger partial charge in [-0.05, 0) is 48.0 Å². The number of benzene rings is 1. The second kappa shape index (κ2) is 5.36. The van der Waals surface area contributed by atoms with E-state index < -0.39 is 5.82 Å². The molecule has 1 aromatic carbocycles. The summed E-state index contributed by atoms with van der Waals surface area (Å²) in [5.41, 5.74) is 0.400. The number of amides is 1. The van der Waals surface area contributed by atoms with Crippen LogP contribution in [0.4, 0.5) is 4.39 Å². The van der Waals surface area contributed by atoms with E-state index in [1.54, 1.807) is 17.0 Å². The highest BCUT2D eigenvalue weighted by Gasteiger charge is 2.28. The summed E-state index contributed by atoms with van der Waals surface area (Å²) >= 11 is 3.09. The van der Waals surface area contributed by atoms with E-state index in [9.17, 15) is 9.18 Å². The van der Waals surface area contributed by atoms with Gasteiger partial charge in [-0.15, -0.1) is 0 Å². The van der Waals surface area contributed by atoms with Gasteiger partial charge in [0.15, 0.2) is 0 Å². The van der Waals surface area contributed by atoms with Gasteiger partial charge in [-0.2, -0.15) is 0 Å². The third kappa shape index (κ3) is 2.57. The quantitative estimate of drug-likeness (QED) is 0.863. The van der Waals surface area contributed by atoms with Crippen LogP contribution >= 0.6 is 15.9 Å². The number of carbonyl (C=O) groups excluding carboxylic acids is 1. The highest BCUT2D eigenvalue weighted by atomic mass is 79.9. The van der Waals surface area contributed by atoms with E-state index in [0.717, 1.165) is 6.54 Å². The van der Waals surface area contributed by atoms with Crippen LogP contribution in [0, 0.1) is 5.82 Å². The average molecular weight is 315 g/mol. The average Bonchev–Trinajstić information content (AvgIpc) is 2.35. The Morgan fingerprint density at radius 1 is 1.50 bits per heavy atom. The number of nitrogens with one attached hydrogen (secondary N) is 1. The molecule has 0 aromatic heterocycles. The number of hydrogen-bond acceptors (Lipinski definition) is 2. The third-order valence-corrected chi connectivity index (χ3v) is 4.10. The van der Waals surface area contributed by atoms with Crippen molar-refractivity contribution in [2.24, 2.45) is 0 Å². The van der Waals surface area contributed by atoms with E-state index in [2.05, 4.69) is 21.2 Å². The summed E-state index contributed by atoms with van der Waals surface area (Å²) in [6, 6.07) is 4.86. The summed E-state index contributed by atoms with van der Waals surface area (Å²) in [6.45, 7) is 5.48. The first-order valence-corrected chi connectivity index (χ1v) is 6.79. The summed E-state index contributed by atoms with van der Waals surface area (Å²) in [5, 5.41) is 3.31. The fraction of sp³-hybridized carbons (Fsp3) is 0.462. The largest absolute Gasteiger partial charge is 0.333 e. The zero-order chi connectivity index (χ0) is 13.3. The van der Waals surface area contributed by atoms with E-state index in [0.29, 0.717) is 16.6 Å². The first-order chi connectivity index (χ1) is 8.50. The minimum absolute atomic E-state index is 0.109. The number of hydrogen-bond donors (Lipinski definition) is 1. The highest BCUT2D eigenvalue weighted by molar-refractivity contribution is 9.10. The molecule has 1 fully saturated rings. The minimum atomic E-state index is -0.406. The monoisotopic (exact) mass is 314 g/mol. The second-order valence-corrected chi connectivity index (χ2v) is 5.47. The molecule has 0 spiro atoms. The summed E-state index contributed by atoms with van der Waals surface area (Å²) in [6.07, 6.45) is 0. The molecule has 1 aromatic rings. The van der Waals surface area contributed by atoms with Gasteiger partial charge in [-0.1, -0.05) is 0 Å². The van der Waals surface area contributed by atoms with E-state index in [4.69, 9.17) is 0 Å². The molecule has 98 valence electrons. The minimum Gasteiger partial charge on any atom is -0.333 e. The smallest absolute Gasteiger partial charge is 0.254 e. The fourth-order valence-corrected chi connectivity index (χ4v) is 2.38.